The molecule has 11 heteroatoms. The summed E-state index contributed by atoms with van der Waals surface area (Å²) in [5.74, 6) is -0.434. The second-order valence-electron chi connectivity index (χ2n) is 8.87. The quantitative estimate of drug-likeness (QED) is 0.329. The summed E-state index contributed by atoms with van der Waals surface area (Å²) in [6.07, 6.45) is 1.82. The molecule has 1 aliphatic rings. The van der Waals surface area contributed by atoms with Crippen molar-refractivity contribution in [2.45, 2.75) is 17.7 Å². The van der Waals surface area contributed by atoms with E-state index >= 15 is 0 Å². The van der Waals surface area contributed by atoms with Crippen LogP contribution in [0.25, 0.3) is 10.9 Å². The van der Waals surface area contributed by atoms with Crippen LogP contribution in [-0.4, -0.2) is 39.9 Å². The molecule has 198 valence electrons. The summed E-state index contributed by atoms with van der Waals surface area (Å²) in [6.45, 7) is 1.83. The fourth-order valence-corrected chi connectivity index (χ4v) is 6.15. The van der Waals surface area contributed by atoms with Gasteiger partial charge in [-0.25, -0.2) is 13.1 Å². The van der Waals surface area contributed by atoms with Crippen molar-refractivity contribution in [3.63, 3.8) is 0 Å². The molecule has 1 N–H and O–H groups in total. The van der Waals surface area contributed by atoms with Crippen molar-refractivity contribution in [2.75, 3.05) is 21.0 Å². The number of rotatable bonds is 7. The van der Waals surface area contributed by atoms with Gasteiger partial charge in [-0.15, -0.1) is 0 Å². The van der Waals surface area contributed by atoms with E-state index in [1.54, 1.807) is 24.3 Å². The Labute approximate surface area is 228 Å². The predicted molar refractivity (Wildman–Crippen MR) is 145 cm³/mol. The largest absolute Gasteiger partial charge is 0.495 e. The van der Waals surface area contributed by atoms with Gasteiger partial charge in [-0.1, -0.05) is 28.1 Å². The van der Waals surface area contributed by atoms with E-state index in [1.807, 2.05) is 42.9 Å². The van der Waals surface area contributed by atoms with Crippen LogP contribution < -0.4 is 23.7 Å². The number of aromatic nitrogens is 1. The summed E-state index contributed by atoms with van der Waals surface area (Å²) in [5, 5.41) is 0.790. The van der Waals surface area contributed by atoms with Gasteiger partial charge in [0, 0.05) is 28.6 Å². The third-order valence-electron chi connectivity index (χ3n) is 6.41. The van der Waals surface area contributed by atoms with Crippen LogP contribution in [0.3, 0.4) is 0 Å². The van der Waals surface area contributed by atoms with E-state index in [1.165, 1.54) is 20.3 Å². The first-order valence-corrected chi connectivity index (χ1v) is 13.8. The van der Waals surface area contributed by atoms with Crippen molar-refractivity contribution in [3.05, 3.63) is 75.9 Å². The molecule has 0 radical (unpaired) electrons. The first-order chi connectivity index (χ1) is 18.1. The number of nitrogens with zero attached hydrogens (tertiary/aromatic N) is 1. The van der Waals surface area contributed by atoms with E-state index in [2.05, 4.69) is 20.7 Å². The summed E-state index contributed by atoms with van der Waals surface area (Å²) in [6, 6.07) is 13.7. The average molecular weight is 601 g/mol. The minimum atomic E-state index is -4.29. The number of benzene rings is 3. The molecule has 38 heavy (non-hydrogen) atoms. The van der Waals surface area contributed by atoms with Crippen molar-refractivity contribution in [3.8, 4) is 23.0 Å². The molecule has 1 atom stereocenters. The fraction of sp³-hybridized carbons (Fsp3) is 0.222. The van der Waals surface area contributed by atoms with Crippen molar-refractivity contribution in [1.29, 1.82) is 0 Å². The van der Waals surface area contributed by atoms with Gasteiger partial charge in [0.1, 0.15) is 10.6 Å². The zero-order chi connectivity index (χ0) is 27.2. The third-order valence-corrected chi connectivity index (χ3v) is 8.29. The molecular formula is C27H25BrN2O7S. The zero-order valence-electron chi connectivity index (χ0n) is 21.1. The molecule has 1 unspecified atom stereocenters. The normalized spacial score (nSPS) is 13.4. The van der Waals surface area contributed by atoms with E-state index in [0.717, 1.165) is 20.9 Å². The minimum absolute atomic E-state index is 0.00982. The Balaban J connectivity index is 1.66. The second kappa shape index (κ2) is 9.88. The highest BCUT2D eigenvalue weighted by molar-refractivity contribution is 9.10. The van der Waals surface area contributed by atoms with Crippen LogP contribution in [0.15, 0.2) is 64.1 Å². The number of nitrogens with one attached hydrogen (secondary N) is 1. The number of hydrogen-bond donors (Lipinski definition) is 1. The molecule has 1 amide bonds. The number of methoxy groups -OCH3 is 2. The summed E-state index contributed by atoms with van der Waals surface area (Å²) < 4.78 is 53.8. The topological polar surface area (TPSA) is 105 Å². The zero-order valence-corrected chi connectivity index (χ0v) is 23.5. The highest BCUT2D eigenvalue weighted by Crippen LogP contribution is 2.45. The number of fused-ring (bicyclic) bond motifs is 2. The van der Waals surface area contributed by atoms with Gasteiger partial charge in [-0.3, -0.25) is 4.79 Å². The van der Waals surface area contributed by atoms with Gasteiger partial charge in [0.05, 0.1) is 20.1 Å². The van der Waals surface area contributed by atoms with E-state index in [0.29, 0.717) is 28.4 Å². The van der Waals surface area contributed by atoms with Crippen LogP contribution in [0.5, 0.6) is 23.0 Å². The Kier molecular flexibility index (Phi) is 6.74. The molecule has 9 nitrogen and oxygen atoms in total. The van der Waals surface area contributed by atoms with E-state index in [4.69, 9.17) is 18.9 Å². The summed E-state index contributed by atoms with van der Waals surface area (Å²) in [4.78, 5) is 13.8. The lowest BCUT2D eigenvalue weighted by molar-refractivity contribution is -0.119. The lowest BCUT2D eigenvalue weighted by Crippen LogP contribution is -2.35. The molecule has 3 aromatic carbocycles. The maximum Gasteiger partial charge on any atom is 0.267 e. The van der Waals surface area contributed by atoms with Gasteiger partial charge in [0.25, 0.3) is 10.0 Å². The van der Waals surface area contributed by atoms with E-state index in [9.17, 15) is 13.2 Å². The van der Waals surface area contributed by atoms with Crippen LogP contribution in [-0.2, 0) is 21.9 Å². The molecule has 4 aromatic rings. The van der Waals surface area contributed by atoms with Gasteiger partial charge in [0.2, 0.25) is 18.4 Å². The Morgan fingerprint density at radius 2 is 1.82 bits per heavy atom. The molecule has 1 aliphatic heterocycles. The number of carbonyl (C=O) groups is 1. The second-order valence-corrected chi connectivity index (χ2v) is 11.4. The van der Waals surface area contributed by atoms with Crippen molar-refractivity contribution in [1.82, 2.24) is 9.29 Å². The van der Waals surface area contributed by atoms with Gasteiger partial charge >= 0.3 is 0 Å². The van der Waals surface area contributed by atoms with Crippen LogP contribution in [0.1, 0.15) is 22.6 Å². The highest BCUT2D eigenvalue weighted by Gasteiger charge is 2.33. The first kappa shape index (κ1) is 25.9. The molecule has 0 bridgehead atoms. The average Bonchev–Trinajstić information content (AvgIpc) is 3.47. The van der Waals surface area contributed by atoms with Crippen molar-refractivity contribution < 1.29 is 32.2 Å². The SMILES string of the molecule is COc1cc(C)ccc1S(=O)(=O)NC(=O)C(c1cc(OC)c2c(c1)OCO2)c1cn(C)c2cc(Br)ccc12. The number of halogens is 1. The molecule has 0 saturated heterocycles. The van der Waals surface area contributed by atoms with Crippen LogP contribution in [0, 0.1) is 6.92 Å². The number of sulfonamides is 1. The lowest BCUT2D eigenvalue weighted by Gasteiger charge is -2.19. The first-order valence-electron chi connectivity index (χ1n) is 11.6. The van der Waals surface area contributed by atoms with Crippen LogP contribution in [0.2, 0.25) is 0 Å². The Morgan fingerprint density at radius 3 is 2.55 bits per heavy atom. The lowest BCUT2D eigenvalue weighted by atomic mass is 9.90. The Morgan fingerprint density at radius 1 is 1.05 bits per heavy atom. The monoisotopic (exact) mass is 600 g/mol. The number of carbonyl (C=O) groups excluding carboxylic acids is 1. The molecule has 1 aromatic heterocycles. The maximum absolute atomic E-state index is 14.0. The fourth-order valence-electron chi connectivity index (χ4n) is 4.65. The van der Waals surface area contributed by atoms with Gasteiger partial charge in [0.15, 0.2) is 11.5 Å². The summed E-state index contributed by atoms with van der Waals surface area (Å²) >= 11 is 3.49. The van der Waals surface area contributed by atoms with Crippen LogP contribution >= 0.6 is 15.9 Å². The van der Waals surface area contributed by atoms with Gasteiger partial charge in [-0.2, -0.15) is 0 Å². The molecule has 2 heterocycles. The van der Waals surface area contributed by atoms with Crippen LogP contribution in [0.4, 0.5) is 0 Å². The molecule has 5 rings (SSSR count). The smallest absolute Gasteiger partial charge is 0.267 e. The summed E-state index contributed by atoms with van der Waals surface area (Å²) in [5.41, 5.74) is 2.77. The number of amides is 1. The standard InChI is InChI=1S/C27H25BrN2O7S/c1-15-5-8-24(21(9-15)34-3)38(32,33)29-27(31)25(16-10-22(35-4)26-23(11-16)36-14-37-26)19-13-30(2)20-12-17(28)6-7-18(19)20/h5-13,25H,14H2,1-4H3,(H,29,31). The van der Waals surface area contributed by atoms with E-state index in [-0.39, 0.29) is 17.4 Å². The maximum atomic E-state index is 14.0. The van der Waals surface area contributed by atoms with E-state index < -0.39 is 21.8 Å². The minimum Gasteiger partial charge on any atom is -0.495 e. The number of aryl methyl sites for hydroxylation is 2. The Hall–Kier alpha value is -3.70. The van der Waals surface area contributed by atoms with Crippen molar-refractivity contribution in [2.24, 2.45) is 7.05 Å². The van der Waals surface area contributed by atoms with Crippen molar-refractivity contribution >= 4 is 42.8 Å². The molecule has 0 spiro atoms. The molecule has 0 aliphatic carbocycles. The van der Waals surface area contributed by atoms with Gasteiger partial charge in [-0.05, 0) is 60.0 Å². The number of hydrogen-bond acceptors (Lipinski definition) is 7. The summed E-state index contributed by atoms with van der Waals surface area (Å²) in [7, 11) is 0.442. The molecule has 0 fully saturated rings. The highest BCUT2D eigenvalue weighted by atomic mass is 79.9. The number of ether oxygens (including phenoxy) is 4. The molecular weight excluding hydrogens is 576 g/mol. The third kappa shape index (κ3) is 4.56. The predicted octanol–water partition coefficient (Wildman–Crippen LogP) is 4.63. The van der Waals surface area contributed by atoms with Gasteiger partial charge < -0.3 is 23.5 Å². The molecule has 0 saturated carbocycles. The Bertz CT molecular complexity index is 1680.